The zero-order chi connectivity index (χ0) is 11.2. The van der Waals surface area contributed by atoms with Crippen molar-refractivity contribution >= 4 is 11.8 Å². The van der Waals surface area contributed by atoms with Crippen LogP contribution in [0.15, 0.2) is 0 Å². The van der Waals surface area contributed by atoms with Gasteiger partial charge in [0.2, 0.25) is 0 Å². The molecule has 0 aromatic heterocycles. The van der Waals surface area contributed by atoms with E-state index in [1.54, 1.807) is 0 Å². The molecule has 0 spiro atoms. The lowest BCUT2D eigenvalue weighted by atomic mass is 10.1. The summed E-state index contributed by atoms with van der Waals surface area (Å²) < 4.78 is 0. The predicted molar refractivity (Wildman–Crippen MR) is 74.3 cm³/mol. The van der Waals surface area contributed by atoms with E-state index in [-0.39, 0.29) is 0 Å². The summed E-state index contributed by atoms with van der Waals surface area (Å²) >= 11 is 1.96. The Kier molecular flexibility index (Phi) is 14.7. The Hall–Kier alpha value is 0.350. The van der Waals surface area contributed by atoms with Crippen LogP contribution in [0.3, 0.4) is 0 Å². The minimum Gasteiger partial charge on any atom is -0.158 e. The van der Waals surface area contributed by atoms with E-state index in [4.69, 9.17) is 0 Å². The minimum atomic E-state index is 1.33. The van der Waals surface area contributed by atoms with Gasteiger partial charge < -0.3 is 0 Å². The van der Waals surface area contributed by atoms with Crippen molar-refractivity contribution in [3.63, 3.8) is 0 Å². The Labute approximate surface area is 102 Å². The van der Waals surface area contributed by atoms with Crippen LogP contribution in [0, 0.1) is 5.75 Å². The number of rotatable bonds is 12. The van der Waals surface area contributed by atoms with Gasteiger partial charge in [0.05, 0.1) is 0 Å². The van der Waals surface area contributed by atoms with Gasteiger partial charge in [0.15, 0.2) is 0 Å². The molecule has 0 rings (SSSR count). The van der Waals surface area contributed by atoms with Crippen molar-refractivity contribution in [3.05, 3.63) is 5.75 Å². The summed E-state index contributed by atoms with van der Waals surface area (Å²) in [6.45, 7) is 4.41. The Bertz CT molecular complexity index is 89.5. The summed E-state index contributed by atoms with van der Waals surface area (Å²) in [5.74, 6) is 3.53. The Morgan fingerprint density at radius 1 is 0.733 bits per heavy atom. The maximum absolute atomic E-state index is 2.28. The van der Waals surface area contributed by atoms with Crippen molar-refractivity contribution in [2.24, 2.45) is 0 Å². The maximum atomic E-state index is 2.28. The van der Waals surface area contributed by atoms with Crippen LogP contribution < -0.4 is 0 Å². The molecule has 0 aliphatic carbocycles. The number of thioether (sulfide) groups is 1. The normalized spacial score (nSPS) is 10.8. The quantitative estimate of drug-likeness (QED) is 0.380. The largest absolute Gasteiger partial charge is 0.158 e. The molecule has 0 bridgehead atoms. The average molecular weight is 229 g/mol. The van der Waals surface area contributed by atoms with Gasteiger partial charge in [0.25, 0.3) is 0 Å². The number of hydrogen-bond donors (Lipinski definition) is 0. The lowest BCUT2D eigenvalue weighted by molar-refractivity contribution is 0.563. The van der Waals surface area contributed by atoms with E-state index in [0.29, 0.717) is 0 Å². The predicted octanol–water partition coefficient (Wildman–Crippen LogP) is 5.82. The van der Waals surface area contributed by atoms with Crippen LogP contribution >= 0.6 is 11.8 Å². The molecule has 0 fully saturated rings. The zero-order valence-electron chi connectivity index (χ0n) is 10.8. The Morgan fingerprint density at radius 3 is 1.67 bits per heavy atom. The van der Waals surface area contributed by atoms with E-state index in [1.165, 1.54) is 70.0 Å². The molecule has 0 nitrogen and oxygen atoms in total. The van der Waals surface area contributed by atoms with E-state index in [2.05, 4.69) is 19.6 Å². The van der Waals surface area contributed by atoms with Crippen LogP contribution in [0.25, 0.3) is 0 Å². The first-order valence-electron chi connectivity index (χ1n) is 6.81. The van der Waals surface area contributed by atoms with Crippen LogP contribution in [-0.2, 0) is 0 Å². The van der Waals surface area contributed by atoms with Crippen LogP contribution in [0.4, 0.5) is 0 Å². The highest BCUT2D eigenvalue weighted by Gasteiger charge is 1.92. The first-order valence-corrected chi connectivity index (χ1v) is 7.86. The van der Waals surface area contributed by atoms with Crippen LogP contribution in [-0.4, -0.2) is 5.75 Å². The van der Waals surface area contributed by atoms with Gasteiger partial charge >= 0.3 is 0 Å². The second-order valence-corrected chi connectivity index (χ2v) is 5.50. The highest BCUT2D eigenvalue weighted by Crippen LogP contribution is 2.12. The molecule has 0 saturated heterocycles. The van der Waals surface area contributed by atoms with E-state index >= 15 is 0 Å². The molecular weight excluding hydrogens is 200 g/mol. The summed E-state index contributed by atoms with van der Waals surface area (Å²) in [7, 11) is 0. The van der Waals surface area contributed by atoms with Crippen LogP contribution in [0.5, 0.6) is 0 Å². The van der Waals surface area contributed by atoms with Gasteiger partial charge in [0.1, 0.15) is 0 Å². The Morgan fingerprint density at radius 2 is 1.20 bits per heavy atom. The van der Waals surface area contributed by atoms with Crippen molar-refractivity contribution in [1.82, 2.24) is 0 Å². The molecule has 0 N–H and O–H groups in total. The fourth-order valence-corrected chi connectivity index (χ4v) is 2.40. The lowest BCUT2D eigenvalue weighted by Gasteiger charge is -2.01. The molecule has 0 saturated carbocycles. The summed E-state index contributed by atoms with van der Waals surface area (Å²) in [5, 5.41) is 0. The van der Waals surface area contributed by atoms with Crippen molar-refractivity contribution in [2.45, 2.75) is 78.1 Å². The molecule has 91 valence electrons. The summed E-state index contributed by atoms with van der Waals surface area (Å²) in [6, 6.07) is 0. The molecule has 0 amide bonds. The van der Waals surface area contributed by atoms with E-state index in [9.17, 15) is 0 Å². The summed E-state index contributed by atoms with van der Waals surface area (Å²) in [4.78, 5) is 0. The van der Waals surface area contributed by atoms with E-state index in [0.717, 1.165) is 0 Å². The molecule has 0 aliphatic heterocycles. The third kappa shape index (κ3) is 14.4. The molecule has 0 aromatic rings. The summed E-state index contributed by atoms with van der Waals surface area (Å²) in [6.07, 6.45) is 14.4. The highest BCUT2D eigenvalue weighted by molar-refractivity contribution is 8.01. The van der Waals surface area contributed by atoms with Crippen molar-refractivity contribution in [2.75, 3.05) is 5.75 Å². The Balaban J connectivity index is 2.81. The highest BCUT2D eigenvalue weighted by atomic mass is 32.2. The van der Waals surface area contributed by atoms with Gasteiger partial charge in [-0.2, -0.15) is 11.8 Å². The topological polar surface area (TPSA) is 0 Å². The van der Waals surface area contributed by atoms with Crippen molar-refractivity contribution in [3.8, 4) is 0 Å². The third-order valence-corrected chi connectivity index (χ3v) is 3.64. The van der Waals surface area contributed by atoms with Gasteiger partial charge in [-0.15, -0.1) is 0 Å². The van der Waals surface area contributed by atoms with Crippen LogP contribution in [0.2, 0.25) is 0 Å². The molecule has 1 heteroatoms. The van der Waals surface area contributed by atoms with E-state index in [1.807, 2.05) is 11.8 Å². The lowest BCUT2D eigenvalue weighted by Crippen LogP contribution is -1.83. The van der Waals surface area contributed by atoms with Gasteiger partial charge in [-0.05, 0) is 12.2 Å². The van der Waals surface area contributed by atoms with Gasteiger partial charge in [-0.25, -0.2) is 0 Å². The van der Waals surface area contributed by atoms with Crippen LogP contribution in [0.1, 0.15) is 78.1 Å². The number of hydrogen-bond acceptors (Lipinski definition) is 1. The van der Waals surface area contributed by atoms with Gasteiger partial charge in [-0.3, -0.25) is 0 Å². The molecule has 0 heterocycles. The second kappa shape index (κ2) is 14.3. The van der Waals surface area contributed by atoms with Crippen molar-refractivity contribution in [1.29, 1.82) is 0 Å². The fraction of sp³-hybridized carbons (Fsp3) is 0.929. The van der Waals surface area contributed by atoms with Crippen molar-refractivity contribution < 1.29 is 0 Å². The SMILES string of the molecule is C[CH]SCCCCCCCCCCCC. The third-order valence-electron chi connectivity index (χ3n) is 2.78. The molecule has 0 aromatic carbocycles. The maximum Gasteiger partial charge on any atom is 0.0135 e. The van der Waals surface area contributed by atoms with Gasteiger partial charge in [0, 0.05) is 5.75 Å². The standard InChI is InChI=1S/C14H29S/c1-3-5-6-7-8-9-10-11-12-13-14-15-4-2/h4H,3,5-14H2,1-2H3. The zero-order valence-corrected chi connectivity index (χ0v) is 11.6. The first kappa shape index (κ1) is 15.3. The molecule has 15 heavy (non-hydrogen) atoms. The van der Waals surface area contributed by atoms with Gasteiger partial charge in [-0.1, -0.05) is 71.6 Å². The second-order valence-electron chi connectivity index (χ2n) is 4.29. The smallest absolute Gasteiger partial charge is 0.0135 e. The first-order chi connectivity index (χ1) is 7.41. The fourth-order valence-electron chi connectivity index (χ4n) is 1.79. The average Bonchev–Trinajstić information content (AvgIpc) is 2.26. The summed E-state index contributed by atoms with van der Waals surface area (Å²) in [5.41, 5.74) is 0. The molecule has 0 aliphatic rings. The van der Waals surface area contributed by atoms with E-state index < -0.39 is 0 Å². The number of unbranched alkanes of at least 4 members (excludes halogenated alkanes) is 9. The minimum absolute atomic E-state index is 1.33. The molecular formula is C14H29S. The molecule has 1 radical (unpaired) electrons. The molecule has 0 atom stereocenters. The molecule has 0 unspecified atom stereocenters. The monoisotopic (exact) mass is 229 g/mol.